The topological polar surface area (TPSA) is 84.9 Å². The van der Waals surface area contributed by atoms with Gasteiger partial charge in [0.1, 0.15) is 5.75 Å². The molecular formula is C20H24N2O5. The van der Waals surface area contributed by atoms with Gasteiger partial charge < -0.3 is 14.8 Å². The van der Waals surface area contributed by atoms with E-state index in [9.17, 15) is 14.4 Å². The van der Waals surface area contributed by atoms with Crippen LogP contribution in [0, 0.1) is 18.8 Å². The summed E-state index contributed by atoms with van der Waals surface area (Å²) in [6, 6.07) is 5.49. The Morgan fingerprint density at radius 2 is 1.89 bits per heavy atom. The Kier molecular flexibility index (Phi) is 4.63. The standard InChI is InChI=1S/C20H24N2O5/c1-11-5-6-12(26-2)10-13(11)21-16(23)4-3-9-22-19(24)17-14-7-8-15(27-14)18(17)20(22)25/h5-6,10,14-15,17-18H,3-4,7-9H2,1-2H3,(H,21,23). The number of aryl methyl sites for hydroxylation is 1. The summed E-state index contributed by atoms with van der Waals surface area (Å²) in [5.41, 5.74) is 1.65. The number of nitrogens with zero attached hydrogens (tertiary/aromatic N) is 1. The molecule has 2 bridgehead atoms. The van der Waals surface area contributed by atoms with E-state index in [4.69, 9.17) is 9.47 Å². The third-order valence-electron chi connectivity index (χ3n) is 5.88. The smallest absolute Gasteiger partial charge is 0.235 e. The lowest BCUT2D eigenvalue weighted by Crippen LogP contribution is -2.35. The second kappa shape index (κ2) is 6.96. The van der Waals surface area contributed by atoms with E-state index in [2.05, 4.69) is 5.32 Å². The molecule has 1 aromatic rings. The Morgan fingerprint density at radius 1 is 1.22 bits per heavy atom. The SMILES string of the molecule is COc1ccc(C)c(NC(=O)CCCN2C(=O)C3C4CCC(O4)C3C2=O)c1. The number of methoxy groups -OCH3 is 1. The number of rotatable bonds is 6. The molecule has 0 aromatic heterocycles. The van der Waals surface area contributed by atoms with E-state index in [0.717, 1.165) is 18.4 Å². The number of imide groups is 1. The molecule has 4 rings (SSSR count). The number of fused-ring (bicyclic) bond motifs is 5. The molecule has 144 valence electrons. The van der Waals surface area contributed by atoms with E-state index in [-0.39, 0.29) is 54.7 Å². The highest BCUT2D eigenvalue weighted by atomic mass is 16.5. The van der Waals surface area contributed by atoms with E-state index in [1.807, 2.05) is 19.1 Å². The molecule has 0 aliphatic carbocycles. The summed E-state index contributed by atoms with van der Waals surface area (Å²) >= 11 is 0. The maximum Gasteiger partial charge on any atom is 0.235 e. The molecule has 3 saturated heterocycles. The molecule has 3 fully saturated rings. The molecule has 3 amide bonds. The molecule has 27 heavy (non-hydrogen) atoms. The second-order valence-corrected chi connectivity index (χ2v) is 7.50. The maximum absolute atomic E-state index is 12.6. The summed E-state index contributed by atoms with van der Waals surface area (Å²) in [6.45, 7) is 2.19. The largest absolute Gasteiger partial charge is 0.497 e. The molecule has 3 aliphatic rings. The fraction of sp³-hybridized carbons (Fsp3) is 0.550. The van der Waals surface area contributed by atoms with Gasteiger partial charge in [-0.05, 0) is 37.8 Å². The molecule has 0 spiro atoms. The molecule has 1 N–H and O–H groups in total. The molecule has 1 aromatic carbocycles. The van der Waals surface area contributed by atoms with Crippen molar-refractivity contribution in [1.29, 1.82) is 0 Å². The minimum atomic E-state index is -0.301. The van der Waals surface area contributed by atoms with Crippen LogP contribution in [0.3, 0.4) is 0 Å². The molecule has 0 saturated carbocycles. The zero-order chi connectivity index (χ0) is 19.1. The third kappa shape index (κ3) is 3.10. The number of ether oxygens (including phenoxy) is 2. The summed E-state index contributed by atoms with van der Waals surface area (Å²) in [6.07, 6.45) is 2.22. The molecule has 0 radical (unpaired) electrons. The van der Waals surface area contributed by atoms with Crippen molar-refractivity contribution in [3.05, 3.63) is 23.8 Å². The minimum absolute atomic E-state index is 0.0965. The summed E-state index contributed by atoms with van der Waals surface area (Å²) in [5.74, 6) is -0.321. The predicted octanol–water partition coefficient (Wildman–Crippen LogP) is 1.88. The van der Waals surface area contributed by atoms with Crippen LogP contribution in [0.1, 0.15) is 31.2 Å². The highest BCUT2D eigenvalue weighted by Gasteiger charge is 2.62. The van der Waals surface area contributed by atoms with Crippen LogP contribution in [0.2, 0.25) is 0 Å². The van der Waals surface area contributed by atoms with E-state index in [1.165, 1.54) is 4.90 Å². The van der Waals surface area contributed by atoms with Crippen LogP contribution in [0.15, 0.2) is 18.2 Å². The number of amides is 3. The van der Waals surface area contributed by atoms with Crippen molar-refractivity contribution < 1.29 is 23.9 Å². The summed E-state index contributed by atoms with van der Waals surface area (Å²) in [5, 5.41) is 2.87. The maximum atomic E-state index is 12.6. The highest BCUT2D eigenvalue weighted by molar-refractivity contribution is 6.06. The van der Waals surface area contributed by atoms with Crippen LogP contribution in [0.4, 0.5) is 5.69 Å². The van der Waals surface area contributed by atoms with Crippen LogP contribution >= 0.6 is 0 Å². The van der Waals surface area contributed by atoms with Gasteiger partial charge in [-0.25, -0.2) is 0 Å². The lowest BCUT2D eigenvalue weighted by atomic mass is 9.81. The minimum Gasteiger partial charge on any atom is -0.497 e. The molecular weight excluding hydrogens is 348 g/mol. The number of likely N-dealkylation sites (tertiary alicyclic amines) is 1. The lowest BCUT2D eigenvalue weighted by molar-refractivity contribution is -0.142. The average molecular weight is 372 g/mol. The second-order valence-electron chi connectivity index (χ2n) is 7.50. The van der Waals surface area contributed by atoms with E-state index >= 15 is 0 Å². The zero-order valence-electron chi connectivity index (χ0n) is 15.6. The summed E-state index contributed by atoms with van der Waals surface area (Å²) < 4.78 is 10.9. The van der Waals surface area contributed by atoms with Gasteiger partial charge in [-0.1, -0.05) is 6.07 Å². The Bertz CT molecular complexity index is 765. The first kappa shape index (κ1) is 18.0. The zero-order valence-corrected chi connectivity index (χ0v) is 15.6. The Balaban J connectivity index is 1.31. The van der Waals surface area contributed by atoms with Crippen molar-refractivity contribution in [2.75, 3.05) is 19.0 Å². The number of carbonyl (C=O) groups is 3. The Morgan fingerprint density at radius 3 is 2.52 bits per heavy atom. The summed E-state index contributed by atoms with van der Waals surface area (Å²) in [7, 11) is 1.58. The lowest BCUT2D eigenvalue weighted by Gasteiger charge is -2.17. The van der Waals surface area contributed by atoms with E-state index < -0.39 is 0 Å². The number of anilines is 1. The fourth-order valence-corrected chi connectivity index (χ4v) is 4.47. The average Bonchev–Trinajstić information content (AvgIpc) is 3.33. The van der Waals surface area contributed by atoms with Crippen molar-refractivity contribution in [3.63, 3.8) is 0 Å². The Labute approximate surface area is 158 Å². The van der Waals surface area contributed by atoms with Gasteiger partial charge in [0.2, 0.25) is 17.7 Å². The fourth-order valence-electron chi connectivity index (χ4n) is 4.47. The van der Waals surface area contributed by atoms with Crippen molar-refractivity contribution in [2.45, 2.75) is 44.8 Å². The summed E-state index contributed by atoms with van der Waals surface area (Å²) in [4.78, 5) is 38.8. The van der Waals surface area contributed by atoms with Crippen LogP contribution in [-0.4, -0.2) is 48.5 Å². The van der Waals surface area contributed by atoms with E-state index in [0.29, 0.717) is 17.9 Å². The van der Waals surface area contributed by atoms with Crippen LogP contribution in [0.5, 0.6) is 5.75 Å². The normalized spacial score (nSPS) is 28.6. The number of benzene rings is 1. The van der Waals surface area contributed by atoms with Gasteiger partial charge in [-0.2, -0.15) is 0 Å². The van der Waals surface area contributed by atoms with Gasteiger partial charge >= 0.3 is 0 Å². The monoisotopic (exact) mass is 372 g/mol. The van der Waals surface area contributed by atoms with Crippen LogP contribution in [0.25, 0.3) is 0 Å². The Hall–Kier alpha value is -2.41. The number of carbonyl (C=O) groups excluding carboxylic acids is 3. The first-order valence-corrected chi connectivity index (χ1v) is 9.45. The van der Waals surface area contributed by atoms with Crippen molar-refractivity contribution in [1.82, 2.24) is 4.90 Å². The van der Waals surface area contributed by atoms with Gasteiger partial charge in [0, 0.05) is 24.7 Å². The molecule has 3 aliphatic heterocycles. The predicted molar refractivity (Wildman–Crippen MR) is 97.2 cm³/mol. The third-order valence-corrected chi connectivity index (χ3v) is 5.88. The van der Waals surface area contributed by atoms with Crippen molar-refractivity contribution >= 4 is 23.4 Å². The van der Waals surface area contributed by atoms with Crippen molar-refractivity contribution in [3.8, 4) is 5.75 Å². The first-order chi connectivity index (χ1) is 13.0. The molecule has 7 nitrogen and oxygen atoms in total. The van der Waals surface area contributed by atoms with Gasteiger partial charge in [0.15, 0.2) is 0 Å². The van der Waals surface area contributed by atoms with Gasteiger partial charge in [0.25, 0.3) is 0 Å². The van der Waals surface area contributed by atoms with Gasteiger partial charge in [-0.15, -0.1) is 0 Å². The number of hydrogen-bond donors (Lipinski definition) is 1. The van der Waals surface area contributed by atoms with Gasteiger partial charge in [0.05, 0.1) is 31.2 Å². The van der Waals surface area contributed by atoms with E-state index in [1.54, 1.807) is 13.2 Å². The number of hydrogen-bond acceptors (Lipinski definition) is 5. The van der Waals surface area contributed by atoms with Gasteiger partial charge in [-0.3, -0.25) is 19.3 Å². The molecule has 3 heterocycles. The molecule has 4 unspecified atom stereocenters. The van der Waals surface area contributed by atoms with Crippen molar-refractivity contribution in [2.24, 2.45) is 11.8 Å². The number of nitrogens with one attached hydrogen (secondary N) is 1. The molecule has 4 atom stereocenters. The van der Waals surface area contributed by atoms with Crippen LogP contribution < -0.4 is 10.1 Å². The van der Waals surface area contributed by atoms with Crippen LogP contribution in [-0.2, 0) is 19.1 Å². The quantitative estimate of drug-likeness (QED) is 0.771. The molecule has 7 heteroatoms. The highest BCUT2D eigenvalue weighted by Crippen LogP contribution is 2.48. The first-order valence-electron chi connectivity index (χ1n) is 9.45.